The molecule has 0 fully saturated rings. The summed E-state index contributed by atoms with van der Waals surface area (Å²) in [5, 5.41) is 0.709. The summed E-state index contributed by atoms with van der Waals surface area (Å²) < 4.78 is 1.87. The van der Waals surface area contributed by atoms with Crippen molar-refractivity contribution in [1.29, 1.82) is 0 Å². The zero-order valence-electron chi connectivity index (χ0n) is 9.55. The van der Waals surface area contributed by atoms with Gasteiger partial charge in [0, 0.05) is 35.7 Å². The molecule has 2 N–H and O–H groups in total. The maximum atomic E-state index is 5.98. The maximum Gasteiger partial charge on any atom is 0.233 e. The Labute approximate surface area is 109 Å². The van der Waals surface area contributed by atoms with Crippen LogP contribution in [0.25, 0.3) is 16.9 Å². The number of halogens is 1. The fraction of sp³-hybridized carbons (Fsp3) is 0.0769. The van der Waals surface area contributed by atoms with E-state index >= 15 is 0 Å². The lowest BCUT2D eigenvalue weighted by molar-refractivity contribution is 1.01. The average Bonchev–Trinajstić information content (AvgIpc) is 2.80. The minimum Gasteiger partial charge on any atom is -0.325 e. The van der Waals surface area contributed by atoms with Crippen LogP contribution in [0.5, 0.6) is 0 Å². The Balaban J connectivity index is 2.12. The summed E-state index contributed by atoms with van der Waals surface area (Å²) in [5.74, 6) is 0.654. The number of benzene rings is 1. The van der Waals surface area contributed by atoms with Crippen LogP contribution in [0.15, 0.2) is 42.9 Å². The lowest BCUT2D eigenvalue weighted by Gasteiger charge is -2.02. The summed E-state index contributed by atoms with van der Waals surface area (Å²) in [6.45, 7) is 0.413. The third-order valence-corrected chi connectivity index (χ3v) is 2.96. The van der Waals surface area contributed by atoms with Crippen molar-refractivity contribution in [3.05, 3.63) is 53.6 Å². The number of imidazole rings is 1. The molecule has 0 aliphatic rings. The summed E-state index contributed by atoms with van der Waals surface area (Å²) in [5.41, 5.74) is 8.41. The Morgan fingerprint density at radius 3 is 2.89 bits per heavy atom. The average molecular weight is 259 g/mol. The molecule has 5 heteroatoms. The van der Waals surface area contributed by atoms with E-state index in [1.165, 1.54) is 0 Å². The normalized spacial score (nSPS) is 11.0. The van der Waals surface area contributed by atoms with Gasteiger partial charge in [-0.2, -0.15) is 0 Å². The molecule has 0 saturated heterocycles. The first-order valence-corrected chi connectivity index (χ1v) is 5.94. The van der Waals surface area contributed by atoms with Gasteiger partial charge in [0.05, 0.1) is 5.69 Å². The third-order valence-electron chi connectivity index (χ3n) is 2.73. The van der Waals surface area contributed by atoms with E-state index in [1.54, 1.807) is 6.20 Å². The second kappa shape index (κ2) is 4.40. The fourth-order valence-corrected chi connectivity index (χ4v) is 2.04. The summed E-state index contributed by atoms with van der Waals surface area (Å²) in [6, 6.07) is 7.67. The molecule has 4 nitrogen and oxygen atoms in total. The Hall–Kier alpha value is -1.91. The smallest absolute Gasteiger partial charge is 0.233 e. The Morgan fingerprint density at radius 1 is 1.22 bits per heavy atom. The summed E-state index contributed by atoms with van der Waals surface area (Å²) >= 11 is 5.98. The van der Waals surface area contributed by atoms with Gasteiger partial charge < -0.3 is 5.73 Å². The Morgan fingerprint density at radius 2 is 2.11 bits per heavy atom. The second-order valence-electron chi connectivity index (χ2n) is 4.00. The van der Waals surface area contributed by atoms with Crippen molar-refractivity contribution in [1.82, 2.24) is 14.4 Å². The molecule has 2 heterocycles. The van der Waals surface area contributed by atoms with Crippen LogP contribution in [0.2, 0.25) is 5.02 Å². The van der Waals surface area contributed by atoms with Gasteiger partial charge in [0.25, 0.3) is 0 Å². The van der Waals surface area contributed by atoms with Gasteiger partial charge >= 0.3 is 0 Å². The first kappa shape index (κ1) is 11.2. The minimum absolute atomic E-state index is 0.413. The summed E-state index contributed by atoms with van der Waals surface area (Å²) in [7, 11) is 0. The zero-order chi connectivity index (χ0) is 12.5. The van der Waals surface area contributed by atoms with Gasteiger partial charge in [-0.25, -0.2) is 9.97 Å². The van der Waals surface area contributed by atoms with Crippen molar-refractivity contribution >= 4 is 17.4 Å². The number of hydrogen-bond donors (Lipinski definition) is 1. The molecule has 0 bridgehead atoms. The van der Waals surface area contributed by atoms with Crippen molar-refractivity contribution in [2.75, 3.05) is 0 Å². The lowest BCUT2D eigenvalue weighted by Crippen LogP contribution is -1.95. The van der Waals surface area contributed by atoms with Gasteiger partial charge in [0.1, 0.15) is 0 Å². The standard InChI is InChI=1S/C13H11ClN4/c14-11-3-1-2-9(4-11)10-6-16-13-17-12(5-15)8-18(13)7-10/h1-4,6-8H,5,15H2. The lowest BCUT2D eigenvalue weighted by atomic mass is 10.1. The molecular weight excluding hydrogens is 248 g/mol. The second-order valence-corrected chi connectivity index (χ2v) is 4.43. The van der Waals surface area contributed by atoms with Crippen molar-refractivity contribution in [3.63, 3.8) is 0 Å². The van der Waals surface area contributed by atoms with Gasteiger partial charge in [-0.05, 0) is 17.7 Å². The number of nitrogens with zero attached hydrogens (tertiary/aromatic N) is 3. The van der Waals surface area contributed by atoms with E-state index in [0.29, 0.717) is 17.3 Å². The molecular formula is C13H11ClN4. The molecule has 0 radical (unpaired) electrons. The van der Waals surface area contributed by atoms with E-state index in [9.17, 15) is 0 Å². The van der Waals surface area contributed by atoms with Gasteiger partial charge in [-0.3, -0.25) is 4.40 Å². The monoisotopic (exact) mass is 258 g/mol. The van der Waals surface area contributed by atoms with E-state index in [0.717, 1.165) is 16.8 Å². The topological polar surface area (TPSA) is 56.2 Å². The number of fused-ring (bicyclic) bond motifs is 1. The molecule has 0 spiro atoms. The molecule has 0 unspecified atom stereocenters. The van der Waals surface area contributed by atoms with E-state index in [4.69, 9.17) is 17.3 Å². The van der Waals surface area contributed by atoms with E-state index < -0.39 is 0 Å². The van der Waals surface area contributed by atoms with Gasteiger partial charge in [0.15, 0.2) is 0 Å². The van der Waals surface area contributed by atoms with Crippen LogP contribution in [0.1, 0.15) is 5.69 Å². The number of aromatic nitrogens is 3. The minimum atomic E-state index is 0.413. The first-order valence-electron chi connectivity index (χ1n) is 5.56. The number of nitrogens with two attached hydrogens (primary N) is 1. The molecule has 0 atom stereocenters. The van der Waals surface area contributed by atoms with E-state index in [1.807, 2.05) is 41.1 Å². The Bertz CT molecular complexity index is 705. The van der Waals surface area contributed by atoms with E-state index in [-0.39, 0.29) is 0 Å². The van der Waals surface area contributed by atoms with E-state index in [2.05, 4.69) is 9.97 Å². The van der Waals surface area contributed by atoms with Gasteiger partial charge in [-0.1, -0.05) is 23.7 Å². The highest BCUT2D eigenvalue weighted by molar-refractivity contribution is 6.30. The molecule has 0 aliphatic carbocycles. The summed E-state index contributed by atoms with van der Waals surface area (Å²) in [6.07, 6.45) is 5.64. The van der Waals surface area contributed by atoms with Gasteiger partial charge in [0.2, 0.25) is 5.78 Å². The molecule has 3 rings (SSSR count). The summed E-state index contributed by atoms with van der Waals surface area (Å²) in [4.78, 5) is 8.59. The molecule has 2 aromatic heterocycles. The van der Waals surface area contributed by atoms with Crippen molar-refractivity contribution in [3.8, 4) is 11.1 Å². The number of rotatable bonds is 2. The van der Waals surface area contributed by atoms with Crippen LogP contribution in [0, 0.1) is 0 Å². The molecule has 3 aromatic rings. The van der Waals surface area contributed by atoms with Crippen LogP contribution in [0.3, 0.4) is 0 Å². The highest BCUT2D eigenvalue weighted by Crippen LogP contribution is 2.22. The Kier molecular flexibility index (Phi) is 2.74. The predicted octanol–water partition coefficient (Wildman–Crippen LogP) is 2.51. The highest BCUT2D eigenvalue weighted by Gasteiger charge is 2.04. The molecule has 0 saturated carbocycles. The zero-order valence-corrected chi connectivity index (χ0v) is 10.3. The van der Waals surface area contributed by atoms with Crippen LogP contribution in [0.4, 0.5) is 0 Å². The van der Waals surface area contributed by atoms with Crippen molar-refractivity contribution < 1.29 is 0 Å². The van der Waals surface area contributed by atoms with Crippen LogP contribution < -0.4 is 5.73 Å². The SMILES string of the molecule is NCc1cn2cc(-c3cccc(Cl)c3)cnc2n1. The molecule has 0 aliphatic heterocycles. The molecule has 18 heavy (non-hydrogen) atoms. The third kappa shape index (κ3) is 1.96. The predicted molar refractivity (Wildman–Crippen MR) is 71.3 cm³/mol. The van der Waals surface area contributed by atoms with Crippen LogP contribution in [-0.2, 0) is 6.54 Å². The van der Waals surface area contributed by atoms with Crippen molar-refractivity contribution in [2.24, 2.45) is 5.73 Å². The largest absolute Gasteiger partial charge is 0.325 e. The fourth-order valence-electron chi connectivity index (χ4n) is 1.85. The number of hydrogen-bond acceptors (Lipinski definition) is 3. The molecule has 90 valence electrons. The molecule has 1 aromatic carbocycles. The highest BCUT2D eigenvalue weighted by atomic mass is 35.5. The van der Waals surface area contributed by atoms with Crippen LogP contribution in [-0.4, -0.2) is 14.4 Å². The van der Waals surface area contributed by atoms with Gasteiger partial charge in [-0.15, -0.1) is 0 Å². The maximum absolute atomic E-state index is 5.98. The first-order chi connectivity index (χ1) is 8.76. The quantitative estimate of drug-likeness (QED) is 0.768. The van der Waals surface area contributed by atoms with Crippen molar-refractivity contribution in [2.45, 2.75) is 6.54 Å². The molecule has 0 amide bonds. The van der Waals surface area contributed by atoms with Crippen LogP contribution >= 0.6 is 11.6 Å².